The average molecular weight is 289 g/mol. The minimum atomic E-state index is -1.15. The first kappa shape index (κ1) is 14.7. The maximum Gasteiger partial charge on any atom is 0.244 e. The van der Waals surface area contributed by atoms with Crippen molar-refractivity contribution in [2.24, 2.45) is 5.41 Å². The number of anilines is 1. The second-order valence-electron chi connectivity index (χ2n) is 4.01. The highest BCUT2D eigenvalue weighted by Crippen LogP contribution is 2.29. The Morgan fingerprint density at radius 1 is 1.50 bits per heavy atom. The number of hydrogen-bond acceptors (Lipinski definition) is 2. The van der Waals surface area contributed by atoms with Gasteiger partial charge in [-0.3, -0.25) is 4.79 Å². The van der Waals surface area contributed by atoms with Gasteiger partial charge < -0.3 is 5.32 Å². The number of benzene rings is 1. The SMILES string of the molecule is CCC(C)(C#N)C(=O)Nc1cc(Cl)c(F)c(Cl)c1. The Labute approximate surface area is 114 Å². The number of nitriles is 1. The fraction of sp³-hybridized carbons (Fsp3) is 0.333. The summed E-state index contributed by atoms with van der Waals surface area (Å²) >= 11 is 11.2. The summed E-state index contributed by atoms with van der Waals surface area (Å²) in [6, 6.07) is 4.42. The number of nitrogens with zero attached hydrogens (tertiary/aromatic N) is 1. The molecule has 0 aliphatic heterocycles. The minimum absolute atomic E-state index is 0.187. The standard InChI is InChI=1S/C12H11Cl2FN2O/c1-3-12(2,6-16)11(18)17-7-4-8(13)10(15)9(14)5-7/h4-5H,3H2,1-2H3,(H,17,18). The van der Waals surface area contributed by atoms with Crippen LogP contribution in [0.1, 0.15) is 20.3 Å². The van der Waals surface area contributed by atoms with E-state index in [9.17, 15) is 9.18 Å². The topological polar surface area (TPSA) is 52.9 Å². The summed E-state index contributed by atoms with van der Waals surface area (Å²) < 4.78 is 13.2. The molecule has 0 fully saturated rings. The third kappa shape index (κ3) is 2.92. The van der Waals surface area contributed by atoms with Gasteiger partial charge in [-0.1, -0.05) is 30.1 Å². The molecular weight excluding hydrogens is 278 g/mol. The molecule has 0 spiro atoms. The van der Waals surface area contributed by atoms with Crippen molar-refractivity contribution in [3.8, 4) is 6.07 Å². The normalized spacial score (nSPS) is 13.6. The zero-order valence-corrected chi connectivity index (χ0v) is 11.4. The Bertz CT molecular complexity index is 504. The maximum absolute atomic E-state index is 13.2. The molecule has 96 valence electrons. The van der Waals surface area contributed by atoms with Crippen LogP contribution < -0.4 is 5.32 Å². The fourth-order valence-corrected chi connectivity index (χ4v) is 1.67. The van der Waals surface area contributed by atoms with Crippen molar-refractivity contribution in [1.82, 2.24) is 0 Å². The molecule has 0 saturated carbocycles. The average Bonchev–Trinajstić information content (AvgIpc) is 2.34. The quantitative estimate of drug-likeness (QED) is 0.855. The molecule has 0 aliphatic carbocycles. The van der Waals surface area contributed by atoms with E-state index in [-0.39, 0.29) is 15.7 Å². The van der Waals surface area contributed by atoms with Crippen LogP contribution in [0, 0.1) is 22.6 Å². The summed E-state index contributed by atoms with van der Waals surface area (Å²) in [4.78, 5) is 11.9. The molecule has 0 saturated heterocycles. The van der Waals surface area contributed by atoms with Crippen LogP contribution in [0.5, 0.6) is 0 Å². The lowest BCUT2D eigenvalue weighted by atomic mass is 9.88. The Morgan fingerprint density at radius 3 is 2.39 bits per heavy atom. The van der Waals surface area contributed by atoms with Crippen LogP contribution in [-0.4, -0.2) is 5.91 Å². The van der Waals surface area contributed by atoms with E-state index in [0.29, 0.717) is 6.42 Å². The monoisotopic (exact) mass is 288 g/mol. The number of amides is 1. The lowest BCUT2D eigenvalue weighted by Gasteiger charge is -2.18. The molecule has 0 aromatic heterocycles. The molecule has 6 heteroatoms. The van der Waals surface area contributed by atoms with E-state index in [2.05, 4.69) is 5.32 Å². The first-order valence-corrected chi connectivity index (χ1v) is 5.97. The molecule has 0 bridgehead atoms. The van der Waals surface area contributed by atoms with Gasteiger partial charge in [0.2, 0.25) is 5.91 Å². The summed E-state index contributed by atoms with van der Waals surface area (Å²) in [5, 5.41) is 11.1. The van der Waals surface area contributed by atoms with Crippen LogP contribution in [0.25, 0.3) is 0 Å². The number of carbonyl (C=O) groups excluding carboxylic acids is 1. The van der Waals surface area contributed by atoms with Gasteiger partial charge in [0.05, 0.1) is 16.1 Å². The van der Waals surface area contributed by atoms with Crippen LogP contribution in [0.3, 0.4) is 0 Å². The van der Waals surface area contributed by atoms with Gasteiger partial charge in [0, 0.05) is 5.69 Å². The van der Waals surface area contributed by atoms with E-state index in [1.54, 1.807) is 6.92 Å². The minimum Gasteiger partial charge on any atom is -0.325 e. The first-order chi connectivity index (χ1) is 8.34. The number of rotatable bonds is 3. The van der Waals surface area contributed by atoms with Crippen molar-refractivity contribution in [2.45, 2.75) is 20.3 Å². The molecule has 1 unspecified atom stereocenters. The summed E-state index contributed by atoms with van der Waals surface area (Å²) in [6.45, 7) is 3.25. The van der Waals surface area contributed by atoms with Crippen LogP contribution in [0.2, 0.25) is 10.0 Å². The molecule has 3 nitrogen and oxygen atoms in total. The predicted octanol–water partition coefficient (Wildman–Crippen LogP) is 4.01. The second kappa shape index (κ2) is 5.55. The van der Waals surface area contributed by atoms with Gasteiger partial charge in [-0.2, -0.15) is 5.26 Å². The highest BCUT2D eigenvalue weighted by molar-refractivity contribution is 6.35. The predicted molar refractivity (Wildman–Crippen MR) is 69.1 cm³/mol. The molecule has 0 aliphatic rings. The molecule has 18 heavy (non-hydrogen) atoms. The van der Waals surface area contributed by atoms with E-state index < -0.39 is 17.1 Å². The molecule has 1 rings (SSSR count). The third-order valence-electron chi connectivity index (χ3n) is 2.70. The zero-order chi connectivity index (χ0) is 13.9. The van der Waals surface area contributed by atoms with Crippen LogP contribution >= 0.6 is 23.2 Å². The van der Waals surface area contributed by atoms with Gasteiger partial charge in [-0.15, -0.1) is 0 Å². The van der Waals surface area contributed by atoms with Gasteiger partial charge >= 0.3 is 0 Å². The van der Waals surface area contributed by atoms with Crippen molar-refractivity contribution in [2.75, 3.05) is 5.32 Å². The van der Waals surface area contributed by atoms with Gasteiger partial charge in [-0.25, -0.2) is 4.39 Å². The van der Waals surface area contributed by atoms with Crippen molar-refractivity contribution in [3.63, 3.8) is 0 Å². The number of halogens is 3. The largest absolute Gasteiger partial charge is 0.325 e. The number of hydrogen-bond donors (Lipinski definition) is 1. The van der Waals surface area contributed by atoms with E-state index >= 15 is 0 Å². The fourth-order valence-electron chi connectivity index (χ4n) is 1.19. The summed E-state index contributed by atoms with van der Waals surface area (Å²) in [6.07, 6.45) is 0.359. The van der Waals surface area contributed by atoms with Gasteiger partial charge in [0.25, 0.3) is 0 Å². The zero-order valence-electron chi connectivity index (χ0n) is 9.85. The first-order valence-electron chi connectivity index (χ1n) is 5.21. The number of nitrogens with one attached hydrogen (secondary N) is 1. The Kier molecular flexibility index (Phi) is 4.55. The summed E-state index contributed by atoms with van der Waals surface area (Å²) in [5.74, 6) is -1.22. The maximum atomic E-state index is 13.2. The molecule has 1 aromatic carbocycles. The highest BCUT2D eigenvalue weighted by atomic mass is 35.5. The van der Waals surface area contributed by atoms with Crippen LogP contribution in [-0.2, 0) is 4.79 Å². The van der Waals surface area contributed by atoms with E-state index in [1.165, 1.54) is 19.1 Å². The Morgan fingerprint density at radius 2 is 2.00 bits per heavy atom. The second-order valence-corrected chi connectivity index (χ2v) is 4.82. The lowest BCUT2D eigenvalue weighted by Crippen LogP contribution is -2.31. The lowest BCUT2D eigenvalue weighted by molar-refractivity contribution is -0.122. The summed E-state index contributed by atoms with van der Waals surface area (Å²) in [5.41, 5.74) is -0.890. The highest BCUT2D eigenvalue weighted by Gasteiger charge is 2.31. The van der Waals surface area contributed by atoms with E-state index in [0.717, 1.165) is 0 Å². The van der Waals surface area contributed by atoms with Crippen molar-refractivity contribution in [1.29, 1.82) is 5.26 Å². The molecule has 1 amide bonds. The molecule has 0 heterocycles. The Balaban J connectivity index is 3.00. The van der Waals surface area contributed by atoms with Gasteiger partial charge in [0.1, 0.15) is 5.41 Å². The molecule has 1 aromatic rings. The van der Waals surface area contributed by atoms with Gasteiger partial charge in [-0.05, 0) is 25.5 Å². The number of carbonyl (C=O) groups is 1. The molecule has 1 atom stereocenters. The van der Waals surface area contributed by atoms with E-state index in [4.69, 9.17) is 28.5 Å². The van der Waals surface area contributed by atoms with E-state index in [1.807, 2.05) is 6.07 Å². The molecule has 1 N–H and O–H groups in total. The van der Waals surface area contributed by atoms with Crippen molar-refractivity contribution < 1.29 is 9.18 Å². The van der Waals surface area contributed by atoms with Crippen molar-refractivity contribution >= 4 is 34.8 Å². The van der Waals surface area contributed by atoms with Gasteiger partial charge in [0.15, 0.2) is 5.82 Å². The molecule has 0 radical (unpaired) electrons. The van der Waals surface area contributed by atoms with Crippen LogP contribution in [0.15, 0.2) is 12.1 Å². The van der Waals surface area contributed by atoms with Crippen molar-refractivity contribution in [3.05, 3.63) is 28.0 Å². The van der Waals surface area contributed by atoms with Crippen LogP contribution in [0.4, 0.5) is 10.1 Å². The smallest absolute Gasteiger partial charge is 0.244 e. The molecular formula is C12H11Cl2FN2O. The Hall–Kier alpha value is -1.31. The summed E-state index contributed by atoms with van der Waals surface area (Å²) in [7, 11) is 0. The third-order valence-corrected chi connectivity index (χ3v) is 3.25.